The van der Waals surface area contributed by atoms with Crippen molar-refractivity contribution in [2.45, 2.75) is 58.0 Å². The summed E-state index contributed by atoms with van der Waals surface area (Å²) in [6.45, 7) is 9.19. The molecule has 2 aliphatic heterocycles. The SMILES string of the molecule is CC[C@@H](C)Oc1ccc(C(=O)N2CCN(C(=O)c3cc(F)cc(N4CCNCC4)c3)CC2)cc1C1CCCC1. The van der Waals surface area contributed by atoms with Crippen LogP contribution in [0, 0.1) is 5.82 Å². The number of piperazine rings is 2. The normalized spacial score (nSPS) is 19.3. The summed E-state index contributed by atoms with van der Waals surface area (Å²) in [7, 11) is 0. The molecule has 2 aromatic carbocycles. The number of halogens is 1. The number of ether oxygens (including phenoxy) is 1. The highest BCUT2D eigenvalue weighted by Gasteiger charge is 2.28. The van der Waals surface area contributed by atoms with Gasteiger partial charge in [0.15, 0.2) is 0 Å². The predicted molar refractivity (Wildman–Crippen MR) is 151 cm³/mol. The molecular weight excluding hydrogens is 495 g/mol. The van der Waals surface area contributed by atoms with Gasteiger partial charge in [-0.2, -0.15) is 0 Å². The van der Waals surface area contributed by atoms with Crippen molar-refractivity contribution in [1.82, 2.24) is 15.1 Å². The Kier molecular flexibility index (Phi) is 8.70. The van der Waals surface area contributed by atoms with Crippen molar-refractivity contribution in [3.05, 3.63) is 58.9 Å². The monoisotopic (exact) mass is 536 g/mol. The Labute approximate surface area is 231 Å². The van der Waals surface area contributed by atoms with E-state index in [9.17, 15) is 14.0 Å². The number of carbonyl (C=O) groups excluding carboxylic acids is 2. The second-order valence-electron chi connectivity index (χ2n) is 11.1. The Balaban J connectivity index is 1.25. The van der Waals surface area contributed by atoms with Gasteiger partial charge in [-0.1, -0.05) is 19.8 Å². The van der Waals surface area contributed by atoms with Crippen molar-refractivity contribution < 1.29 is 18.7 Å². The van der Waals surface area contributed by atoms with Crippen molar-refractivity contribution >= 4 is 17.5 Å². The number of benzene rings is 2. The van der Waals surface area contributed by atoms with Crippen LogP contribution in [0.15, 0.2) is 36.4 Å². The molecule has 210 valence electrons. The van der Waals surface area contributed by atoms with Crippen molar-refractivity contribution in [1.29, 1.82) is 0 Å². The van der Waals surface area contributed by atoms with E-state index in [0.29, 0.717) is 43.2 Å². The Morgan fingerprint density at radius 1 is 0.923 bits per heavy atom. The summed E-state index contributed by atoms with van der Waals surface area (Å²) in [5.41, 5.74) is 2.94. The molecule has 1 saturated carbocycles. The molecule has 2 amide bonds. The number of anilines is 1. The summed E-state index contributed by atoms with van der Waals surface area (Å²) in [5, 5.41) is 3.29. The van der Waals surface area contributed by atoms with Gasteiger partial charge in [0.1, 0.15) is 11.6 Å². The molecule has 0 radical (unpaired) electrons. The van der Waals surface area contributed by atoms with Gasteiger partial charge in [0.05, 0.1) is 6.10 Å². The Bertz CT molecular complexity index is 1170. The summed E-state index contributed by atoms with van der Waals surface area (Å²) >= 11 is 0. The largest absolute Gasteiger partial charge is 0.490 e. The van der Waals surface area contributed by atoms with Gasteiger partial charge in [0.25, 0.3) is 11.8 Å². The zero-order valence-electron chi connectivity index (χ0n) is 23.3. The van der Waals surface area contributed by atoms with Gasteiger partial charge in [0.2, 0.25) is 0 Å². The molecule has 0 aromatic heterocycles. The van der Waals surface area contributed by atoms with Crippen molar-refractivity contribution in [3.63, 3.8) is 0 Å². The fourth-order valence-corrected chi connectivity index (χ4v) is 5.93. The van der Waals surface area contributed by atoms with Crippen LogP contribution < -0.4 is 15.0 Å². The molecule has 1 aliphatic carbocycles. The van der Waals surface area contributed by atoms with Gasteiger partial charge in [-0.05, 0) is 74.1 Å². The zero-order valence-corrected chi connectivity index (χ0v) is 23.3. The number of rotatable bonds is 7. The lowest BCUT2D eigenvalue weighted by Gasteiger charge is -2.35. The minimum atomic E-state index is -0.401. The lowest BCUT2D eigenvalue weighted by molar-refractivity contribution is 0.0535. The smallest absolute Gasteiger partial charge is 0.254 e. The average molecular weight is 537 g/mol. The fraction of sp³-hybridized carbons (Fsp3) is 0.548. The molecule has 2 saturated heterocycles. The molecule has 1 N–H and O–H groups in total. The highest BCUT2D eigenvalue weighted by molar-refractivity contribution is 5.96. The molecule has 3 fully saturated rings. The van der Waals surface area contributed by atoms with E-state index in [1.807, 2.05) is 23.1 Å². The summed E-state index contributed by atoms with van der Waals surface area (Å²) in [4.78, 5) is 32.4. The van der Waals surface area contributed by atoms with Gasteiger partial charge < -0.3 is 24.8 Å². The van der Waals surface area contributed by atoms with Crippen LogP contribution in [0.4, 0.5) is 10.1 Å². The number of nitrogens with zero attached hydrogens (tertiary/aromatic N) is 3. The number of nitrogens with one attached hydrogen (secondary N) is 1. The minimum absolute atomic E-state index is 0.0109. The van der Waals surface area contributed by atoms with Crippen LogP contribution in [0.25, 0.3) is 0 Å². The van der Waals surface area contributed by atoms with Crippen LogP contribution in [0.3, 0.4) is 0 Å². The standard InChI is InChI=1S/C31H41FN4O3/c1-3-22(2)39-29-9-8-24(20-28(29)23-6-4-5-7-23)30(37)35-14-16-36(17-15-35)31(38)25-18-26(32)21-27(19-25)34-12-10-33-11-13-34/h8-9,18-23,33H,3-7,10-17H2,1-2H3/t22-/m1/s1. The first kappa shape index (κ1) is 27.4. The Morgan fingerprint density at radius 2 is 1.56 bits per heavy atom. The quantitative estimate of drug-likeness (QED) is 0.557. The van der Waals surface area contributed by atoms with Gasteiger partial charge in [-0.3, -0.25) is 9.59 Å². The molecule has 0 unspecified atom stereocenters. The minimum Gasteiger partial charge on any atom is -0.490 e. The highest BCUT2D eigenvalue weighted by Crippen LogP contribution is 2.40. The Hall–Kier alpha value is -3.13. The van der Waals surface area contributed by atoms with Crippen LogP contribution in [0.5, 0.6) is 5.75 Å². The van der Waals surface area contributed by atoms with Crippen LogP contribution in [-0.2, 0) is 0 Å². The van der Waals surface area contributed by atoms with Crippen LogP contribution in [0.2, 0.25) is 0 Å². The maximum atomic E-state index is 14.5. The van der Waals surface area contributed by atoms with Crippen LogP contribution >= 0.6 is 0 Å². The molecular formula is C31H41FN4O3. The first-order valence-electron chi connectivity index (χ1n) is 14.6. The van der Waals surface area contributed by atoms with E-state index in [1.54, 1.807) is 11.0 Å². The topological polar surface area (TPSA) is 65.1 Å². The van der Waals surface area contributed by atoms with Gasteiger partial charge >= 0.3 is 0 Å². The zero-order chi connectivity index (χ0) is 27.4. The van der Waals surface area contributed by atoms with Gasteiger partial charge in [0, 0.05) is 69.2 Å². The summed E-state index contributed by atoms with van der Waals surface area (Å²) < 4.78 is 20.7. The molecule has 7 nitrogen and oxygen atoms in total. The van der Waals surface area contributed by atoms with Gasteiger partial charge in [-0.15, -0.1) is 0 Å². The molecule has 8 heteroatoms. The van der Waals surface area contributed by atoms with E-state index in [-0.39, 0.29) is 17.9 Å². The molecule has 5 rings (SSSR count). The number of amides is 2. The average Bonchev–Trinajstić information content (AvgIpc) is 3.52. The maximum absolute atomic E-state index is 14.5. The summed E-state index contributed by atoms with van der Waals surface area (Å²) in [5.74, 6) is 0.736. The highest BCUT2D eigenvalue weighted by atomic mass is 19.1. The van der Waals surface area contributed by atoms with Gasteiger partial charge in [-0.25, -0.2) is 4.39 Å². The third-order valence-corrected chi connectivity index (χ3v) is 8.42. The molecule has 39 heavy (non-hydrogen) atoms. The van der Waals surface area contributed by atoms with Crippen molar-refractivity contribution in [2.75, 3.05) is 57.3 Å². The molecule has 3 aliphatic rings. The molecule has 2 aromatic rings. The van der Waals surface area contributed by atoms with Crippen molar-refractivity contribution in [2.24, 2.45) is 0 Å². The third kappa shape index (κ3) is 6.38. The number of carbonyl (C=O) groups is 2. The molecule has 2 heterocycles. The fourth-order valence-electron chi connectivity index (χ4n) is 5.93. The Morgan fingerprint density at radius 3 is 2.21 bits per heavy atom. The van der Waals surface area contributed by atoms with Crippen LogP contribution in [-0.4, -0.2) is 80.1 Å². The summed E-state index contributed by atoms with van der Waals surface area (Å²) in [6, 6.07) is 10.5. The third-order valence-electron chi connectivity index (χ3n) is 8.42. The van der Waals surface area contributed by atoms with E-state index in [4.69, 9.17) is 4.74 Å². The first-order valence-corrected chi connectivity index (χ1v) is 14.6. The van der Waals surface area contributed by atoms with Crippen LogP contribution in [0.1, 0.15) is 78.1 Å². The maximum Gasteiger partial charge on any atom is 0.254 e. The predicted octanol–water partition coefficient (Wildman–Crippen LogP) is 4.67. The molecule has 1 atom stereocenters. The second-order valence-corrected chi connectivity index (χ2v) is 11.1. The van der Waals surface area contributed by atoms with E-state index in [0.717, 1.165) is 62.4 Å². The van der Waals surface area contributed by atoms with E-state index in [1.165, 1.54) is 25.0 Å². The lowest BCUT2D eigenvalue weighted by atomic mass is 9.94. The lowest BCUT2D eigenvalue weighted by Crippen LogP contribution is -2.50. The van der Waals surface area contributed by atoms with Crippen molar-refractivity contribution in [3.8, 4) is 5.75 Å². The van der Waals surface area contributed by atoms with E-state index < -0.39 is 5.82 Å². The van der Waals surface area contributed by atoms with E-state index >= 15 is 0 Å². The van der Waals surface area contributed by atoms with E-state index in [2.05, 4.69) is 24.1 Å². The summed E-state index contributed by atoms with van der Waals surface area (Å²) in [6.07, 6.45) is 5.74. The number of hydrogen-bond acceptors (Lipinski definition) is 5. The molecule has 0 spiro atoms. The first-order chi connectivity index (χ1) is 18.9. The molecule has 0 bridgehead atoms. The second kappa shape index (κ2) is 12.4. The number of hydrogen-bond donors (Lipinski definition) is 1.